The van der Waals surface area contributed by atoms with E-state index in [0.29, 0.717) is 5.78 Å². The molecule has 0 fully saturated rings. The number of hydrogen-bond acceptors (Lipinski definition) is 1. The van der Waals surface area contributed by atoms with E-state index >= 15 is 0 Å². The smallest absolute Gasteiger partial charge is 0.166 e. The lowest BCUT2D eigenvalue weighted by atomic mass is 10.1. The molecule has 62 valence electrons. The number of fused-ring (bicyclic) bond motifs is 1. The molecule has 1 aliphatic rings. The zero-order valence-corrected chi connectivity index (χ0v) is 7.42. The van der Waals surface area contributed by atoms with Crippen molar-refractivity contribution in [1.82, 2.24) is 0 Å². The Kier molecular flexibility index (Phi) is 1.53. The van der Waals surface area contributed by atoms with Crippen LogP contribution in [0.25, 0.3) is 0 Å². The molecule has 12 heavy (non-hydrogen) atoms. The molecule has 1 aliphatic carbocycles. The van der Waals surface area contributed by atoms with Crippen LogP contribution in [0.4, 0.5) is 0 Å². The Labute approximate surface area is 72.4 Å². The van der Waals surface area contributed by atoms with E-state index in [1.807, 2.05) is 19.9 Å². The highest BCUT2D eigenvalue weighted by Crippen LogP contribution is 2.26. The van der Waals surface area contributed by atoms with Gasteiger partial charge in [0.2, 0.25) is 0 Å². The zero-order valence-electron chi connectivity index (χ0n) is 7.42. The van der Waals surface area contributed by atoms with Crippen LogP contribution in [-0.4, -0.2) is 5.78 Å². The van der Waals surface area contributed by atoms with Crippen LogP contribution in [0, 0.1) is 12.8 Å². The van der Waals surface area contributed by atoms with Crippen LogP contribution in [0.1, 0.15) is 28.4 Å². The summed E-state index contributed by atoms with van der Waals surface area (Å²) in [7, 11) is 0. The summed E-state index contributed by atoms with van der Waals surface area (Å²) >= 11 is 0. The minimum atomic E-state index is 0.196. The normalized spacial score (nSPS) is 21.2. The van der Waals surface area contributed by atoms with Crippen molar-refractivity contribution >= 4 is 5.78 Å². The summed E-state index contributed by atoms with van der Waals surface area (Å²) in [5, 5.41) is 0. The molecule has 0 bridgehead atoms. The minimum absolute atomic E-state index is 0.196. The third kappa shape index (κ3) is 0.970. The predicted molar refractivity (Wildman–Crippen MR) is 48.4 cm³/mol. The van der Waals surface area contributed by atoms with E-state index in [1.54, 1.807) is 0 Å². The first-order chi connectivity index (χ1) is 5.68. The average Bonchev–Trinajstić information content (AvgIpc) is 2.31. The molecule has 0 heterocycles. The summed E-state index contributed by atoms with van der Waals surface area (Å²) in [5.74, 6) is 0.510. The molecule has 0 radical (unpaired) electrons. The van der Waals surface area contributed by atoms with E-state index < -0.39 is 0 Å². The Bertz CT molecular complexity index is 339. The van der Waals surface area contributed by atoms with Gasteiger partial charge >= 0.3 is 0 Å². The van der Waals surface area contributed by atoms with Crippen LogP contribution in [-0.2, 0) is 6.42 Å². The van der Waals surface area contributed by atoms with Gasteiger partial charge < -0.3 is 0 Å². The van der Waals surface area contributed by atoms with Gasteiger partial charge in [0.15, 0.2) is 5.78 Å². The second-order valence-corrected chi connectivity index (χ2v) is 3.63. The fraction of sp³-hybridized carbons (Fsp3) is 0.364. The van der Waals surface area contributed by atoms with Crippen LogP contribution in [0.3, 0.4) is 0 Å². The minimum Gasteiger partial charge on any atom is -0.294 e. The summed E-state index contributed by atoms with van der Waals surface area (Å²) in [5.41, 5.74) is 3.34. The Morgan fingerprint density at radius 1 is 1.42 bits per heavy atom. The molecule has 1 atom stereocenters. The summed E-state index contributed by atoms with van der Waals surface area (Å²) in [6.45, 7) is 4.02. The maximum atomic E-state index is 11.5. The lowest BCUT2D eigenvalue weighted by Crippen LogP contribution is -2.02. The SMILES string of the molecule is Cc1ccc2c(c1)C(=O)[C@@H](C)C2. The van der Waals surface area contributed by atoms with Gasteiger partial charge in [-0.15, -0.1) is 0 Å². The van der Waals surface area contributed by atoms with Crippen molar-refractivity contribution in [2.45, 2.75) is 20.3 Å². The first kappa shape index (κ1) is 7.53. The molecule has 1 nitrogen and oxygen atoms in total. The predicted octanol–water partition coefficient (Wildman–Crippen LogP) is 2.37. The largest absolute Gasteiger partial charge is 0.294 e. The molecule has 0 saturated carbocycles. The molecule has 1 aromatic carbocycles. The molecule has 0 aromatic heterocycles. The van der Waals surface area contributed by atoms with Crippen LogP contribution in [0.2, 0.25) is 0 Å². The third-order valence-corrected chi connectivity index (χ3v) is 2.50. The molecule has 0 aliphatic heterocycles. The van der Waals surface area contributed by atoms with Crippen LogP contribution in [0.15, 0.2) is 18.2 Å². The number of ketones is 1. The Hall–Kier alpha value is -1.11. The topological polar surface area (TPSA) is 17.1 Å². The molecule has 0 amide bonds. The summed E-state index contributed by atoms with van der Waals surface area (Å²) < 4.78 is 0. The van der Waals surface area contributed by atoms with Crippen LogP contribution >= 0.6 is 0 Å². The van der Waals surface area contributed by atoms with Gasteiger partial charge in [0.25, 0.3) is 0 Å². The standard InChI is InChI=1S/C11H12O/c1-7-3-4-9-6-8(2)11(12)10(9)5-7/h3-5,8H,6H2,1-2H3/t8-/m0/s1. The van der Waals surface area contributed by atoms with E-state index in [4.69, 9.17) is 0 Å². The number of Topliss-reactive ketones (excluding diaryl/α,β-unsaturated/α-hetero) is 1. The average molecular weight is 160 g/mol. The summed E-state index contributed by atoms with van der Waals surface area (Å²) in [6.07, 6.45) is 0.925. The quantitative estimate of drug-likeness (QED) is 0.569. The molecule has 2 rings (SSSR count). The number of carbonyl (C=O) groups is 1. The van der Waals surface area contributed by atoms with Gasteiger partial charge in [0, 0.05) is 11.5 Å². The molecule has 0 unspecified atom stereocenters. The van der Waals surface area contributed by atoms with Gasteiger partial charge in [0.05, 0.1) is 0 Å². The Morgan fingerprint density at radius 3 is 2.92 bits per heavy atom. The Balaban J connectivity index is 2.56. The van der Waals surface area contributed by atoms with E-state index in [9.17, 15) is 4.79 Å². The van der Waals surface area contributed by atoms with Crippen LogP contribution < -0.4 is 0 Å². The zero-order chi connectivity index (χ0) is 8.72. The van der Waals surface area contributed by atoms with Crippen molar-refractivity contribution in [3.8, 4) is 0 Å². The highest BCUT2D eigenvalue weighted by molar-refractivity contribution is 6.02. The van der Waals surface area contributed by atoms with Gasteiger partial charge in [-0.25, -0.2) is 0 Å². The number of benzene rings is 1. The van der Waals surface area contributed by atoms with Gasteiger partial charge in [-0.2, -0.15) is 0 Å². The fourth-order valence-electron chi connectivity index (χ4n) is 1.79. The number of aryl methyl sites for hydroxylation is 1. The van der Waals surface area contributed by atoms with Gasteiger partial charge in [-0.1, -0.05) is 24.6 Å². The molecule has 0 N–H and O–H groups in total. The van der Waals surface area contributed by atoms with E-state index in [2.05, 4.69) is 12.1 Å². The van der Waals surface area contributed by atoms with E-state index in [-0.39, 0.29) is 5.92 Å². The maximum Gasteiger partial charge on any atom is 0.166 e. The molecule has 1 heteroatoms. The summed E-state index contributed by atoms with van der Waals surface area (Å²) in [6, 6.07) is 6.15. The van der Waals surface area contributed by atoms with Gasteiger partial charge in [0.1, 0.15) is 0 Å². The van der Waals surface area contributed by atoms with E-state index in [0.717, 1.165) is 12.0 Å². The first-order valence-corrected chi connectivity index (χ1v) is 4.32. The highest BCUT2D eigenvalue weighted by atomic mass is 16.1. The molecule has 1 aromatic rings. The Morgan fingerprint density at radius 2 is 2.17 bits per heavy atom. The van der Waals surface area contributed by atoms with Crippen LogP contribution in [0.5, 0.6) is 0 Å². The molecule has 0 spiro atoms. The van der Waals surface area contributed by atoms with Crippen molar-refractivity contribution in [2.24, 2.45) is 5.92 Å². The van der Waals surface area contributed by atoms with Crippen molar-refractivity contribution in [1.29, 1.82) is 0 Å². The second kappa shape index (κ2) is 2.44. The lowest BCUT2D eigenvalue weighted by molar-refractivity contribution is 0.0946. The molecular formula is C11H12O. The summed E-state index contributed by atoms with van der Waals surface area (Å²) in [4.78, 5) is 11.5. The fourth-order valence-corrected chi connectivity index (χ4v) is 1.79. The van der Waals surface area contributed by atoms with E-state index in [1.165, 1.54) is 11.1 Å². The number of hydrogen-bond donors (Lipinski definition) is 0. The van der Waals surface area contributed by atoms with Crippen molar-refractivity contribution in [2.75, 3.05) is 0 Å². The monoisotopic (exact) mass is 160 g/mol. The molecular weight excluding hydrogens is 148 g/mol. The third-order valence-electron chi connectivity index (χ3n) is 2.50. The second-order valence-electron chi connectivity index (χ2n) is 3.63. The number of carbonyl (C=O) groups excluding carboxylic acids is 1. The first-order valence-electron chi connectivity index (χ1n) is 4.32. The number of rotatable bonds is 0. The lowest BCUT2D eigenvalue weighted by Gasteiger charge is -1.97. The van der Waals surface area contributed by atoms with Gasteiger partial charge in [-0.05, 0) is 25.0 Å². The van der Waals surface area contributed by atoms with Crippen molar-refractivity contribution in [3.63, 3.8) is 0 Å². The van der Waals surface area contributed by atoms with Crippen molar-refractivity contribution in [3.05, 3.63) is 34.9 Å². The maximum absolute atomic E-state index is 11.5. The highest BCUT2D eigenvalue weighted by Gasteiger charge is 2.26. The van der Waals surface area contributed by atoms with Gasteiger partial charge in [-0.3, -0.25) is 4.79 Å². The molecule has 0 saturated heterocycles. The van der Waals surface area contributed by atoms with Crippen molar-refractivity contribution < 1.29 is 4.79 Å².